The first-order valence-corrected chi connectivity index (χ1v) is 6.32. The Morgan fingerprint density at radius 2 is 1.95 bits per heavy atom. The van der Waals surface area contributed by atoms with Crippen LogP contribution in [-0.2, 0) is 7.05 Å². The van der Waals surface area contributed by atoms with E-state index >= 15 is 0 Å². The molecule has 0 aliphatic heterocycles. The fraction of sp³-hybridized carbons (Fsp3) is 0.231. The molecule has 2 aromatic rings. The van der Waals surface area contributed by atoms with E-state index in [1.54, 1.807) is 25.2 Å². The normalized spacial score (nSPS) is 10.3. The molecule has 19 heavy (non-hydrogen) atoms. The van der Waals surface area contributed by atoms with Gasteiger partial charge >= 0.3 is 0 Å². The van der Waals surface area contributed by atoms with E-state index in [9.17, 15) is 4.79 Å². The molecule has 0 N–H and O–H groups in total. The Hall–Kier alpha value is -1.82. The predicted molar refractivity (Wildman–Crippen MR) is 73.9 cm³/mol. The number of benzene rings is 1. The van der Waals surface area contributed by atoms with Crippen LogP contribution in [-0.4, -0.2) is 29.8 Å². The van der Waals surface area contributed by atoms with E-state index < -0.39 is 0 Å². The Bertz CT molecular complexity index is 622. The number of rotatable bonds is 4. The number of carbonyl (C=O) groups is 1. The van der Waals surface area contributed by atoms with Crippen LogP contribution in [0.3, 0.4) is 0 Å². The second-order valence-electron chi connectivity index (χ2n) is 3.86. The molecule has 0 aliphatic rings. The molecule has 0 unspecified atom stereocenters. The maximum Gasteiger partial charge on any atom is 0.218 e. The minimum atomic E-state index is -0.193. The molecular formula is C13H13BrN2O3. The van der Waals surface area contributed by atoms with Crippen LogP contribution < -0.4 is 9.47 Å². The van der Waals surface area contributed by atoms with Crippen molar-refractivity contribution in [1.82, 2.24) is 9.78 Å². The Balaban J connectivity index is 2.53. The van der Waals surface area contributed by atoms with Crippen molar-refractivity contribution in [2.24, 2.45) is 7.05 Å². The first-order valence-electron chi connectivity index (χ1n) is 5.52. The summed E-state index contributed by atoms with van der Waals surface area (Å²) in [6.07, 6.45) is 1.51. The molecule has 0 fully saturated rings. The highest BCUT2D eigenvalue weighted by atomic mass is 79.9. The molecule has 0 spiro atoms. The Morgan fingerprint density at radius 3 is 2.58 bits per heavy atom. The number of carbonyl (C=O) groups excluding carboxylic acids is 1. The summed E-state index contributed by atoms with van der Waals surface area (Å²) in [6.45, 7) is 0. The van der Waals surface area contributed by atoms with Crippen LogP contribution in [0.1, 0.15) is 16.1 Å². The number of hydrogen-bond donors (Lipinski definition) is 0. The van der Waals surface area contributed by atoms with Gasteiger partial charge in [-0.1, -0.05) is 15.9 Å². The van der Waals surface area contributed by atoms with Crippen LogP contribution in [0.25, 0.3) is 0 Å². The van der Waals surface area contributed by atoms with Gasteiger partial charge in [0.05, 0.1) is 26.0 Å². The first kappa shape index (κ1) is 13.6. The molecule has 0 bridgehead atoms. The van der Waals surface area contributed by atoms with Gasteiger partial charge in [0.1, 0.15) is 5.75 Å². The molecule has 0 aliphatic carbocycles. The van der Waals surface area contributed by atoms with Gasteiger partial charge in [-0.15, -0.1) is 0 Å². The van der Waals surface area contributed by atoms with Crippen molar-refractivity contribution in [3.63, 3.8) is 0 Å². The van der Waals surface area contributed by atoms with Gasteiger partial charge in [0, 0.05) is 11.5 Å². The zero-order valence-electron chi connectivity index (χ0n) is 10.8. The summed E-state index contributed by atoms with van der Waals surface area (Å²) in [6, 6.07) is 5.24. The van der Waals surface area contributed by atoms with Crippen molar-refractivity contribution in [3.8, 4) is 11.5 Å². The van der Waals surface area contributed by atoms with Crippen molar-refractivity contribution in [1.29, 1.82) is 0 Å². The quantitative estimate of drug-likeness (QED) is 0.810. The van der Waals surface area contributed by atoms with Gasteiger partial charge in [-0.3, -0.25) is 9.48 Å². The molecular weight excluding hydrogens is 312 g/mol. The average Bonchev–Trinajstić information content (AvgIpc) is 2.78. The van der Waals surface area contributed by atoms with Gasteiger partial charge in [-0.25, -0.2) is 0 Å². The minimum Gasteiger partial charge on any atom is -0.496 e. The van der Waals surface area contributed by atoms with Crippen molar-refractivity contribution in [2.45, 2.75) is 0 Å². The third-order valence-corrected chi connectivity index (χ3v) is 3.24. The molecule has 0 amide bonds. The maximum absolute atomic E-state index is 12.6. The Labute approximate surface area is 119 Å². The van der Waals surface area contributed by atoms with Crippen LogP contribution >= 0.6 is 15.9 Å². The molecule has 2 rings (SSSR count). The molecule has 0 saturated heterocycles. The van der Waals surface area contributed by atoms with Crippen molar-refractivity contribution >= 4 is 21.7 Å². The van der Waals surface area contributed by atoms with E-state index in [4.69, 9.17) is 9.47 Å². The van der Waals surface area contributed by atoms with Gasteiger partial charge in [0.25, 0.3) is 0 Å². The van der Waals surface area contributed by atoms with E-state index in [1.165, 1.54) is 25.1 Å². The molecule has 0 radical (unpaired) electrons. The number of hydrogen-bond acceptors (Lipinski definition) is 4. The third-order valence-electron chi connectivity index (χ3n) is 2.75. The standard InChI is InChI=1S/C13H13BrN2O3/c1-16-12(11(19-3)7-15-16)13(17)9-5-4-8(14)6-10(9)18-2/h4-7H,1-3H3. The van der Waals surface area contributed by atoms with Crippen LogP contribution in [0.4, 0.5) is 0 Å². The smallest absolute Gasteiger partial charge is 0.218 e. The van der Waals surface area contributed by atoms with Gasteiger partial charge < -0.3 is 9.47 Å². The zero-order chi connectivity index (χ0) is 14.0. The van der Waals surface area contributed by atoms with E-state index in [0.717, 1.165) is 4.47 Å². The Morgan fingerprint density at radius 1 is 1.26 bits per heavy atom. The van der Waals surface area contributed by atoms with Gasteiger partial charge in [-0.05, 0) is 18.2 Å². The average molecular weight is 325 g/mol. The van der Waals surface area contributed by atoms with E-state index in [-0.39, 0.29) is 5.78 Å². The highest BCUT2D eigenvalue weighted by Crippen LogP contribution is 2.28. The summed E-state index contributed by atoms with van der Waals surface area (Å²) in [5.41, 5.74) is 0.857. The molecule has 1 aromatic heterocycles. The summed E-state index contributed by atoms with van der Waals surface area (Å²) in [4.78, 5) is 12.6. The Kier molecular flexibility index (Phi) is 3.90. The van der Waals surface area contributed by atoms with Crippen LogP contribution in [0.15, 0.2) is 28.9 Å². The van der Waals surface area contributed by atoms with Crippen molar-refractivity contribution in [2.75, 3.05) is 14.2 Å². The lowest BCUT2D eigenvalue weighted by Crippen LogP contribution is -2.11. The van der Waals surface area contributed by atoms with Gasteiger partial charge in [0.2, 0.25) is 5.78 Å². The SMILES string of the molecule is COc1cc(Br)ccc1C(=O)c1c(OC)cnn1C. The number of halogens is 1. The summed E-state index contributed by atoms with van der Waals surface area (Å²) < 4.78 is 12.7. The molecule has 5 nitrogen and oxygen atoms in total. The van der Waals surface area contributed by atoms with E-state index in [2.05, 4.69) is 21.0 Å². The molecule has 0 saturated carbocycles. The number of aryl methyl sites for hydroxylation is 1. The first-order chi connectivity index (χ1) is 9.08. The van der Waals surface area contributed by atoms with Crippen LogP contribution in [0.5, 0.6) is 11.5 Å². The fourth-order valence-electron chi connectivity index (χ4n) is 1.81. The van der Waals surface area contributed by atoms with Gasteiger partial charge in [0.15, 0.2) is 11.4 Å². The molecule has 100 valence electrons. The lowest BCUT2D eigenvalue weighted by molar-refractivity contribution is 0.102. The topological polar surface area (TPSA) is 53.4 Å². The van der Waals surface area contributed by atoms with Crippen molar-refractivity contribution in [3.05, 3.63) is 40.1 Å². The highest BCUT2D eigenvalue weighted by Gasteiger charge is 2.22. The molecule has 1 heterocycles. The number of aromatic nitrogens is 2. The summed E-state index contributed by atoms with van der Waals surface area (Å²) in [5.74, 6) is 0.751. The maximum atomic E-state index is 12.6. The fourth-order valence-corrected chi connectivity index (χ4v) is 2.15. The number of ether oxygens (including phenoxy) is 2. The van der Waals surface area contributed by atoms with Gasteiger partial charge in [-0.2, -0.15) is 5.10 Å². The van der Waals surface area contributed by atoms with Crippen LogP contribution in [0, 0.1) is 0 Å². The van der Waals surface area contributed by atoms with E-state index in [1.807, 2.05) is 0 Å². The second kappa shape index (κ2) is 5.44. The van der Waals surface area contributed by atoms with E-state index in [0.29, 0.717) is 22.8 Å². The number of nitrogens with zero attached hydrogens (tertiary/aromatic N) is 2. The largest absolute Gasteiger partial charge is 0.496 e. The minimum absolute atomic E-state index is 0.193. The third kappa shape index (κ3) is 2.49. The zero-order valence-corrected chi connectivity index (χ0v) is 12.4. The summed E-state index contributed by atoms with van der Waals surface area (Å²) >= 11 is 3.34. The summed E-state index contributed by atoms with van der Waals surface area (Å²) in [5, 5.41) is 4.03. The molecule has 1 aromatic carbocycles. The summed E-state index contributed by atoms with van der Waals surface area (Å²) in [7, 11) is 4.73. The predicted octanol–water partition coefficient (Wildman–Crippen LogP) is 2.43. The second-order valence-corrected chi connectivity index (χ2v) is 4.77. The molecule has 6 heteroatoms. The number of ketones is 1. The monoisotopic (exact) mass is 324 g/mol. The number of methoxy groups -OCH3 is 2. The lowest BCUT2D eigenvalue weighted by Gasteiger charge is -2.09. The van der Waals surface area contributed by atoms with Crippen molar-refractivity contribution < 1.29 is 14.3 Å². The highest BCUT2D eigenvalue weighted by molar-refractivity contribution is 9.10. The molecule has 0 atom stereocenters. The van der Waals surface area contributed by atoms with Crippen LogP contribution in [0.2, 0.25) is 0 Å². The lowest BCUT2D eigenvalue weighted by atomic mass is 10.1.